The van der Waals surface area contributed by atoms with Gasteiger partial charge in [-0.2, -0.15) is 0 Å². The fourth-order valence-electron chi connectivity index (χ4n) is 3.19. The van der Waals surface area contributed by atoms with Gasteiger partial charge in [0.25, 0.3) is 5.91 Å². The number of nitrogens with zero attached hydrogens (tertiary/aromatic N) is 2. The Morgan fingerprint density at radius 3 is 2.84 bits per heavy atom. The van der Waals surface area contributed by atoms with E-state index in [2.05, 4.69) is 11.0 Å². The molecule has 1 fully saturated rings. The van der Waals surface area contributed by atoms with Crippen LogP contribution < -0.4 is 16.4 Å². The lowest BCUT2D eigenvalue weighted by atomic mass is 9.84. The van der Waals surface area contributed by atoms with Gasteiger partial charge >= 0.3 is 0 Å². The minimum Gasteiger partial charge on any atom is -0.397 e. The highest BCUT2D eigenvalue weighted by Crippen LogP contribution is 2.44. The Bertz CT molecular complexity index is 700. The maximum Gasteiger partial charge on any atom is 0.260 e. The van der Waals surface area contributed by atoms with Gasteiger partial charge < -0.3 is 16.4 Å². The molecule has 3 aliphatic rings. The summed E-state index contributed by atoms with van der Waals surface area (Å²) in [5.74, 6) is 1.20. The van der Waals surface area contributed by atoms with E-state index < -0.39 is 5.91 Å². The average Bonchev–Trinajstić information content (AvgIpc) is 2.75. The van der Waals surface area contributed by atoms with E-state index >= 15 is 0 Å². The summed E-state index contributed by atoms with van der Waals surface area (Å²) in [4.78, 5) is 19.7. The number of fused-ring (bicyclic) bond motifs is 3. The van der Waals surface area contributed by atoms with Crippen molar-refractivity contribution in [1.82, 2.24) is 4.98 Å². The van der Waals surface area contributed by atoms with Crippen molar-refractivity contribution in [2.45, 2.75) is 18.8 Å². The molecule has 0 aliphatic carbocycles. The van der Waals surface area contributed by atoms with Gasteiger partial charge in [-0.25, -0.2) is 4.98 Å². The number of nitrogen functional groups attached to an aromatic ring is 1. The zero-order chi connectivity index (χ0) is 13.1. The molecule has 0 radical (unpaired) electrons. The largest absolute Gasteiger partial charge is 0.397 e. The van der Waals surface area contributed by atoms with Crippen LogP contribution in [0, 0.1) is 0 Å². The summed E-state index contributed by atoms with van der Waals surface area (Å²) < 4.78 is 0. The Labute approximate surface area is 114 Å². The zero-order valence-corrected chi connectivity index (χ0v) is 11.2. The fourth-order valence-corrected chi connectivity index (χ4v) is 4.11. The third-order valence-corrected chi connectivity index (χ3v) is 5.32. The Morgan fingerprint density at radius 2 is 2.16 bits per heavy atom. The number of hydrogen-bond acceptors (Lipinski definition) is 5. The van der Waals surface area contributed by atoms with Crippen LogP contribution in [0.25, 0.3) is 10.2 Å². The van der Waals surface area contributed by atoms with E-state index in [1.165, 1.54) is 29.7 Å². The summed E-state index contributed by atoms with van der Waals surface area (Å²) in [6.45, 7) is 2.17. The van der Waals surface area contributed by atoms with Crippen LogP contribution in [0.3, 0.4) is 0 Å². The van der Waals surface area contributed by atoms with E-state index in [0.29, 0.717) is 16.5 Å². The topological polar surface area (TPSA) is 85.2 Å². The van der Waals surface area contributed by atoms with Gasteiger partial charge in [-0.15, -0.1) is 11.3 Å². The van der Waals surface area contributed by atoms with Crippen molar-refractivity contribution in [3.05, 3.63) is 16.5 Å². The van der Waals surface area contributed by atoms with Crippen LogP contribution in [-0.4, -0.2) is 24.0 Å². The first-order valence-electron chi connectivity index (χ1n) is 6.43. The van der Waals surface area contributed by atoms with Gasteiger partial charge in [0.2, 0.25) is 0 Å². The van der Waals surface area contributed by atoms with Crippen LogP contribution in [0.5, 0.6) is 0 Å². The van der Waals surface area contributed by atoms with Crippen LogP contribution in [0.2, 0.25) is 0 Å². The Morgan fingerprint density at radius 1 is 1.42 bits per heavy atom. The fraction of sp³-hybridized carbons (Fsp3) is 0.385. The smallest absolute Gasteiger partial charge is 0.260 e. The van der Waals surface area contributed by atoms with E-state index in [1.54, 1.807) is 0 Å². The average molecular weight is 274 g/mol. The summed E-state index contributed by atoms with van der Waals surface area (Å²) in [6, 6.07) is 2.12. The molecule has 0 unspecified atom stereocenters. The molecule has 1 amide bonds. The number of carbonyl (C=O) groups excluding carboxylic acids is 1. The molecule has 0 saturated carbocycles. The number of anilines is 2. The van der Waals surface area contributed by atoms with E-state index in [0.717, 1.165) is 29.1 Å². The summed E-state index contributed by atoms with van der Waals surface area (Å²) >= 11 is 1.29. The summed E-state index contributed by atoms with van der Waals surface area (Å²) in [5, 5.41) is 0.881. The molecule has 2 aromatic heterocycles. The molecule has 2 bridgehead atoms. The molecule has 19 heavy (non-hydrogen) atoms. The minimum absolute atomic E-state index is 0.423. The van der Waals surface area contributed by atoms with Crippen LogP contribution in [0.15, 0.2) is 6.07 Å². The van der Waals surface area contributed by atoms with Crippen molar-refractivity contribution < 1.29 is 4.79 Å². The predicted octanol–water partition coefficient (Wildman–Crippen LogP) is 1.67. The highest BCUT2D eigenvalue weighted by atomic mass is 32.1. The van der Waals surface area contributed by atoms with Crippen LogP contribution in [-0.2, 0) is 0 Å². The monoisotopic (exact) mass is 274 g/mol. The first kappa shape index (κ1) is 11.0. The molecule has 4 N–H and O–H groups in total. The summed E-state index contributed by atoms with van der Waals surface area (Å²) in [6.07, 6.45) is 2.37. The lowest BCUT2D eigenvalue weighted by molar-refractivity contribution is 0.100. The molecule has 5 rings (SSSR count). The second-order valence-corrected chi connectivity index (χ2v) is 6.22. The molecule has 0 spiro atoms. The zero-order valence-electron chi connectivity index (χ0n) is 10.3. The molecule has 5 heterocycles. The third-order valence-electron chi connectivity index (χ3n) is 4.19. The lowest BCUT2D eigenvalue weighted by Crippen LogP contribution is -2.39. The van der Waals surface area contributed by atoms with Gasteiger partial charge in [-0.1, -0.05) is 0 Å². The molecule has 1 saturated heterocycles. The highest BCUT2D eigenvalue weighted by molar-refractivity contribution is 7.21. The van der Waals surface area contributed by atoms with Crippen molar-refractivity contribution in [3.63, 3.8) is 0 Å². The number of amides is 1. The first-order chi connectivity index (χ1) is 9.15. The Balaban J connectivity index is 2.00. The number of nitrogens with two attached hydrogens (primary N) is 2. The number of aromatic nitrogens is 1. The predicted molar refractivity (Wildman–Crippen MR) is 76.7 cm³/mol. The number of primary amides is 1. The molecule has 0 aromatic carbocycles. The summed E-state index contributed by atoms with van der Waals surface area (Å²) in [7, 11) is 0. The normalized spacial score (nSPS) is 18.0. The number of carbonyl (C=O) groups is 1. The van der Waals surface area contributed by atoms with Crippen molar-refractivity contribution in [2.24, 2.45) is 5.73 Å². The van der Waals surface area contributed by atoms with Crippen LogP contribution in [0.1, 0.15) is 34.0 Å². The van der Waals surface area contributed by atoms with Crippen molar-refractivity contribution in [1.29, 1.82) is 0 Å². The third kappa shape index (κ3) is 1.40. The van der Waals surface area contributed by atoms with Gasteiger partial charge in [-0.05, 0) is 30.4 Å². The SMILES string of the molecule is NC(=O)c1sc2nc3c(cc2c1N)C1CCN3CC1. The number of piperidine rings is 1. The van der Waals surface area contributed by atoms with Gasteiger partial charge in [0.05, 0.1) is 5.69 Å². The first-order valence-corrected chi connectivity index (χ1v) is 7.24. The molecule has 98 valence electrons. The van der Waals surface area contributed by atoms with E-state index in [1.807, 2.05) is 0 Å². The highest BCUT2D eigenvalue weighted by Gasteiger charge is 2.32. The van der Waals surface area contributed by atoms with Crippen molar-refractivity contribution in [2.75, 3.05) is 23.7 Å². The van der Waals surface area contributed by atoms with Gasteiger partial charge in [-0.3, -0.25) is 4.79 Å². The maximum absolute atomic E-state index is 11.4. The second-order valence-electron chi connectivity index (χ2n) is 5.22. The molecule has 0 atom stereocenters. The van der Waals surface area contributed by atoms with E-state index in [-0.39, 0.29) is 0 Å². The molecule has 5 nitrogen and oxygen atoms in total. The number of hydrogen-bond donors (Lipinski definition) is 2. The number of rotatable bonds is 1. The summed E-state index contributed by atoms with van der Waals surface area (Å²) in [5.41, 5.74) is 13.1. The second kappa shape index (κ2) is 3.60. The van der Waals surface area contributed by atoms with Crippen molar-refractivity contribution >= 4 is 39.0 Å². The maximum atomic E-state index is 11.4. The van der Waals surface area contributed by atoms with Crippen LogP contribution in [0.4, 0.5) is 11.5 Å². The van der Waals surface area contributed by atoms with E-state index in [4.69, 9.17) is 16.5 Å². The molecular formula is C13H14N4OS. The standard InChI is InChI=1S/C13H14N4OS/c14-9-8-5-7-6-1-3-17(4-2-6)12(7)16-13(8)19-10(9)11(15)18/h5-6H,1-4,14H2,(H2,15,18). The Kier molecular flexibility index (Phi) is 2.09. The Hall–Kier alpha value is -1.82. The molecule has 3 aliphatic heterocycles. The number of thiophene rings is 1. The van der Waals surface area contributed by atoms with Crippen molar-refractivity contribution in [3.8, 4) is 0 Å². The van der Waals surface area contributed by atoms with Gasteiger partial charge in [0.15, 0.2) is 0 Å². The number of pyridine rings is 1. The molecule has 2 aromatic rings. The molecule has 6 heteroatoms. The van der Waals surface area contributed by atoms with Gasteiger partial charge in [0.1, 0.15) is 15.5 Å². The quantitative estimate of drug-likeness (QED) is 0.828. The minimum atomic E-state index is -0.471. The van der Waals surface area contributed by atoms with E-state index in [9.17, 15) is 4.79 Å². The van der Waals surface area contributed by atoms with Crippen LogP contribution >= 0.6 is 11.3 Å². The van der Waals surface area contributed by atoms with Gasteiger partial charge in [0, 0.05) is 18.5 Å². The lowest BCUT2D eigenvalue weighted by Gasteiger charge is -2.41. The molecular weight excluding hydrogens is 260 g/mol.